The topological polar surface area (TPSA) is 59.2 Å². The van der Waals surface area contributed by atoms with Crippen LogP contribution < -0.4 is 5.43 Å². The van der Waals surface area contributed by atoms with Gasteiger partial charge in [-0.3, -0.25) is 4.79 Å². The first-order valence-corrected chi connectivity index (χ1v) is 10.9. The van der Waals surface area contributed by atoms with Crippen molar-refractivity contribution in [3.8, 4) is 0 Å². The predicted molar refractivity (Wildman–Crippen MR) is 109 cm³/mol. The number of hydrogen-bond acceptors (Lipinski definition) is 4. The first-order valence-electron chi connectivity index (χ1n) is 9.95. The average Bonchev–Trinajstić information content (AvgIpc) is 2.69. The quantitative estimate of drug-likeness (QED) is 0.207. The molecule has 2 aromatic rings. The van der Waals surface area contributed by atoms with Crippen molar-refractivity contribution in [3.63, 3.8) is 0 Å². The van der Waals surface area contributed by atoms with Crippen LogP contribution in [0.5, 0.6) is 0 Å². The van der Waals surface area contributed by atoms with Crippen LogP contribution in [0.3, 0.4) is 0 Å². The molecule has 1 aromatic carbocycles. The highest BCUT2D eigenvalue weighted by Gasteiger charge is 2.24. The normalized spacial score (nSPS) is 11.2. The molecular formula is C21H26F3NO3S. The highest BCUT2D eigenvalue weighted by Crippen LogP contribution is 2.27. The molecule has 0 bridgehead atoms. The number of rotatable bonds is 11. The summed E-state index contributed by atoms with van der Waals surface area (Å²) in [6.45, 7) is 3.79. The van der Waals surface area contributed by atoms with Crippen molar-refractivity contribution in [2.24, 2.45) is 0 Å². The van der Waals surface area contributed by atoms with Crippen LogP contribution >= 0.6 is 11.8 Å². The Morgan fingerprint density at radius 1 is 1.03 bits per heavy atom. The first-order chi connectivity index (χ1) is 13.9. The standard InChI is InChI=1S/C21H26F3NO3S/c1-3-5-6-7-8-9-10-11-29-20-15(21(27)28-4-2)19(26)13-12-14(22)16(23)17(24)18(13)25-20/h12H,3-11H2,1-2H3,(H,25,26). The smallest absolute Gasteiger partial charge is 0.344 e. The van der Waals surface area contributed by atoms with Crippen molar-refractivity contribution in [3.05, 3.63) is 39.3 Å². The van der Waals surface area contributed by atoms with Crippen molar-refractivity contribution < 1.29 is 22.7 Å². The molecule has 0 fully saturated rings. The van der Waals surface area contributed by atoms with E-state index in [0.717, 1.165) is 25.7 Å². The van der Waals surface area contributed by atoms with Gasteiger partial charge in [0.25, 0.3) is 0 Å². The van der Waals surface area contributed by atoms with E-state index in [9.17, 15) is 22.8 Å². The number of benzene rings is 1. The number of carbonyl (C=O) groups is 1. The Morgan fingerprint density at radius 2 is 1.69 bits per heavy atom. The van der Waals surface area contributed by atoms with Crippen molar-refractivity contribution >= 4 is 28.6 Å². The van der Waals surface area contributed by atoms with Crippen LogP contribution in [0, 0.1) is 17.5 Å². The van der Waals surface area contributed by atoms with Gasteiger partial charge in [0.05, 0.1) is 22.5 Å². The van der Waals surface area contributed by atoms with E-state index >= 15 is 0 Å². The largest absolute Gasteiger partial charge is 0.462 e. The first kappa shape index (κ1) is 23.3. The highest BCUT2D eigenvalue weighted by molar-refractivity contribution is 7.99. The van der Waals surface area contributed by atoms with Gasteiger partial charge >= 0.3 is 5.97 Å². The van der Waals surface area contributed by atoms with Crippen LogP contribution in [-0.4, -0.2) is 23.3 Å². The highest BCUT2D eigenvalue weighted by atomic mass is 32.2. The molecule has 0 atom stereocenters. The van der Waals surface area contributed by atoms with Gasteiger partial charge in [-0.15, -0.1) is 11.8 Å². The monoisotopic (exact) mass is 429 g/mol. The molecular weight excluding hydrogens is 403 g/mol. The van der Waals surface area contributed by atoms with Gasteiger partial charge in [0.1, 0.15) is 5.56 Å². The molecule has 0 spiro atoms. The van der Waals surface area contributed by atoms with Crippen LogP contribution in [0.1, 0.15) is 69.2 Å². The number of esters is 1. The van der Waals surface area contributed by atoms with E-state index in [0.29, 0.717) is 11.8 Å². The van der Waals surface area contributed by atoms with E-state index in [1.807, 2.05) is 0 Å². The molecule has 0 aliphatic rings. The van der Waals surface area contributed by atoms with Crippen LogP contribution in [0.25, 0.3) is 10.9 Å². The third-order valence-electron chi connectivity index (χ3n) is 4.57. The van der Waals surface area contributed by atoms with Crippen LogP contribution in [0.15, 0.2) is 15.9 Å². The van der Waals surface area contributed by atoms with E-state index in [1.165, 1.54) is 31.0 Å². The van der Waals surface area contributed by atoms with Gasteiger partial charge in [-0.05, 0) is 25.2 Å². The molecule has 160 valence electrons. The van der Waals surface area contributed by atoms with E-state index < -0.39 is 39.8 Å². The fourth-order valence-electron chi connectivity index (χ4n) is 3.04. The summed E-state index contributed by atoms with van der Waals surface area (Å²) in [6.07, 6.45) is 7.71. The lowest BCUT2D eigenvalue weighted by Gasteiger charge is -2.11. The zero-order chi connectivity index (χ0) is 21.4. The molecule has 0 unspecified atom stereocenters. The number of H-pyrrole nitrogens is 1. The van der Waals surface area contributed by atoms with Crippen LogP contribution in [0.4, 0.5) is 13.2 Å². The number of halogens is 3. The maximum Gasteiger partial charge on any atom is 0.344 e. The number of fused-ring (bicyclic) bond motifs is 1. The Hall–Kier alpha value is -1.96. The van der Waals surface area contributed by atoms with Gasteiger partial charge in [0, 0.05) is 0 Å². The van der Waals surface area contributed by atoms with E-state index in [4.69, 9.17) is 4.74 Å². The molecule has 29 heavy (non-hydrogen) atoms. The molecule has 1 aromatic heterocycles. The molecule has 0 amide bonds. The second-order valence-corrected chi connectivity index (χ2v) is 7.86. The molecule has 0 aliphatic carbocycles. The van der Waals surface area contributed by atoms with Gasteiger partial charge in [0.2, 0.25) is 5.43 Å². The summed E-state index contributed by atoms with van der Waals surface area (Å²) < 4.78 is 46.3. The zero-order valence-corrected chi connectivity index (χ0v) is 17.5. The Balaban J connectivity index is 2.26. The minimum absolute atomic E-state index is 0.0459. The summed E-state index contributed by atoms with van der Waals surface area (Å²) in [4.78, 5) is 27.6. The SMILES string of the molecule is CCCCCCCCCSc1[nH]c2c(F)c(F)c(F)cc2c(=O)c1C(=O)OCC. The summed E-state index contributed by atoms with van der Waals surface area (Å²) in [6, 6.07) is 0.597. The second-order valence-electron chi connectivity index (χ2n) is 6.76. The van der Waals surface area contributed by atoms with Crippen LogP contribution in [0.2, 0.25) is 0 Å². The lowest BCUT2D eigenvalue weighted by molar-refractivity contribution is 0.0520. The van der Waals surface area contributed by atoms with Crippen molar-refractivity contribution in [1.29, 1.82) is 0 Å². The molecule has 8 heteroatoms. The summed E-state index contributed by atoms with van der Waals surface area (Å²) in [5, 5.41) is -0.318. The molecule has 2 rings (SSSR count). The minimum Gasteiger partial charge on any atom is -0.462 e. The average molecular weight is 430 g/mol. The molecule has 0 saturated carbocycles. The number of nitrogens with one attached hydrogen (secondary N) is 1. The molecule has 1 heterocycles. The van der Waals surface area contributed by atoms with Gasteiger partial charge in [-0.25, -0.2) is 18.0 Å². The Labute approximate surface area is 172 Å². The molecule has 4 nitrogen and oxygen atoms in total. The minimum atomic E-state index is -1.67. The number of aromatic nitrogens is 1. The third-order valence-corrected chi connectivity index (χ3v) is 5.66. The van der Waals surface area contributed by atoms with E-state index in [1.54, 1.807) is 6.92 Å². The lowest BCUT2D eigenvalue weighted by atomic mass is 10.1. The van der Waals surface area contributed by atoms with Gasteiger partial charge in [-0.2, -0.15) is 0 Å². The predicted octanol–water partition coefficient (Wildman–Crippen LogP) is 5.96. The zero-order valence-electron chi connectivity index (χ0n) is 16.7. The van der Waals surface area contributed by atoms with Crippen molar-refractivity contribution in [2.45, 2.75) is 63.8 Å². The number of pyridine rings is 1. The van der Waals surface area contributed by atoms with E-state index in [2.05, 4.69) is 11.9 Å². The third kappa shape index (κ3) is 5.78. The fraction of sp³-hybridized carbons (Fsp3) is 0.524. The van der Waals surface area contributed by atoms with Crippen molar-refractivity contribution in [2.75, 3.05) is 12.4 Å². The number of hydrogen-bond donors (Lipinski definition) is 1. The molecule has 1 N–H and O–H groups in total. The Morgan fingerprint density at radius 3 is 2.34 bits per heavy atom. The van der Waals surface area contributed by atoms with Crippen molar-refractivity contribution in [1.82, 2.24) is 4.98 Å². The number of ether oxygens (including phenoxy) is 1. The molecule has 0 aliphatic heterocycles. The second kappa shape index (κ2) is 11.3. The molecule has 0 saturated heterocycles. The maximum absolute atomic E-state index is 14.2. The van der Waals surface area contributed by atoms with E-state index in [-0.39, 0.29) is 17.2 Å². The van der Waals surface area contributed by atoms with Gasteiger partial charge < -0.3 is 9.72 Å². The number of carbonyl (C=O) groups excluding carboxylic acids is 1. The van der Waals surface area contributed by atoms with Gasteiger partial charge in [0.15, 0.2) is 17.5 Å². The van der Waals surface area contributed by atoms with Gasteiger partial charge in [-0.1, -0.05) is 45.4 Å². The van der Waals surface area contributed by atoms with Crippen LogP contribution in [-0.2, 0) is 4.74 Å². The molecule has 0 radical (unpaired) electrons. The fourth-order valence-corrected chi connectivity index (χ4v) is 4.09. The Bertz CT molecular complexity index is 914. The lowest BCUT2D eigenvalue weighted by Crippen LogP contribution is -2.21. The summed E-state index contributed by atoms with van der Waals surface area (Å²) in [5.74, 6) is -4.92. The number of aromatic amines is 1. The summed E-state index contributed by atoms with van der Waals surface area (Å²) >= 11 is 1.18. The maximum atomic E-state index is 14.2. The number of unbranched alkanes of at least 4 members (excludes halogenated alkanes) is 6. The Kier molecular flexibility index (Phi) is 9.07. The summed E-state index contributed by atoms with van der Waals surface area (Å²) in [7, 11) is 0. The number of thioether (sulfide) groups is 1. The summed E-state index contributed by atoms with van der Waals surface area (Å²) in [5.41, 5.74) is -1.64.